The van der Waals surface area contributed by atoms with Crippen LogP contribution in [0, 0.1) is 5.92 Å². The Balaban J connectivity index is 2.49. The van der Waals surface area contributed by atoms with Crippen molar-refractivity contribution in [3.63, 3.8) is 0 Å². The molecule has 0 spiro atoms. The molecule has 1 aromatic rings. The standard InChI is InChI=1S/C16H23NO4/c1-13(16(20)21)12-17(10-5-8-15(18)19)11-9-14-6-3-2-4-7-14/h2-4,6-7,13H,5,8-12H2,1H3,(H,18,19)(H,20,21). The third kappa shape index (κ3) is 7.46. The van der Waals surface area contributed by atoms with Gasteiger partial charge in [-0.1, -0.05) is 37.3 Å². The van der Waals surface area contributed by atoms with Crippen molar-refractivity contribution in [1.82, 2.24) is 4.90 Å². The first-order chi connectivity index (χ1) is 9.99. The Morgan fingerprint density at radius 1 is 1.14 bits per heavy atom. The maximum atomic E-state index is 11.0. The smallest absolute Gasteiger partial charge is 0.307 e. The highest BCUT2D eigenvalue weighted by Gasteiger charge is 2.16. The highest BCUT2D eigenvalue weighted by molar-refractivity contribution is 5.69. The van der Waals surface area contributed by atoms with Crippen LogP contribution in [0.4, 0.5) is 0 Å². The fraction of sp³-hybridized carbons (Fsp3) is 0.500. The third-order valence-corrected chi connectivity index (χ3v) is 3.38. The Morgan fingerprint density at radius 3 is 2.38 bits per heavy atom. The summed E-state index contributed by atoms with van der Waals surface area (Å²) in [5, 5.41) is 17.7. The molecule has 5 nitrogen and oxygen atoms in total. The summed E-state index contributed by atoms with van der Waals surface area (Å²) in [6.45, 7) is 3.47. The molecule has 0 fully saturated rings. The van der Waals surface area contributed by atoms with Gasteiger partial charge in [0.1, 0.15) is 0 Å². The van der Waals surface area contributed by atoms with Crippen molar-refractivity contribution >= 4 is 11.9 Å². The van der Waals surface area contributed by atoms with Gasteiger partial charge in [0, 0.05) is 19.5 Å². The summed E-state index contributed by atoms with van der Waals surface area (Å²) >= 11 is 0. The summed E-state index contributed by atoms with van der Waals surface area (Å²) in [7, 11) is 0. The molecule has 5 heteroatoms. The first-order valence-electron chi connectivity index (χ1n) is 7.20. The average molecular weight is 293 g/mol. The summed E-state index contributed by atoms with van der Waals surface area (Å²) in [6, 6.07) is 9.99. The van der Waals surface area contributed by atoms with Crippen LogP contribution in [0.3, 0.4) is 0 Å². The molecule has 0 aromatic heterocycles. The minimum Gasteiger partial charge on any atom is -0.481 e. The minimum atomic E-state index is -0.821. The van der Waals surface area contributed by atoms with Crippen molar-refractivity contribution in [3.8, 4) is 0 Å². The van der Waals surface area contributed by atoms with E-state index in [1.807, 2.05) is 35.2 Å². The lowest BCUT2D eigenvalue weighted by atomic mass is 10.1. The van der Waals surface area contributed by atoms with Gasteiger partial charge in [0.15, 0.2) is 0 Å². The molecule has 0 aliphatic carbocycles. The van der Waals surface area contributed by atoms with Crippen LogP contribution >= 0.6 is 0 Å². The second-order valence-corrected chi connectivity index (χ2v) is 5.27. The fourth-order valence-corrected chi connectivity index (χ4v) is 2.15. The molecule has 0 bridgehead atoms. The lowest BCUT2D eigenvalue weighted by Gasteiger charge is -2.24. The van der Waals surface area contributed by atoms with E-state index in [4.69, 9.17) is 10.2 Å². The van der Waals surface area contributed by atoms with E-state index in [1.54, 1.807) is 6.92 Å². The van der Waals surface area contributed by atoms with E-state index < -0.39 is 17.9 Å². The molecule has 1 rings (SSSR count). The highest BCUT2D eigenvalue weighted by Crippen LogP contribution is 2.06. The van der Waals surface area contributed by atoms with E-state index in [1.165, 1.54) is 5.56 Å². The largest absolute Gasteiger partial charge is 0.481 e. The average Bonchev–Trinajstić information content (AvgIpc) is 2.45. The quantitative estimate of drug-likeness (QED) is 0.691. The fourth-order valence-electron chi connectivity index (χ4n) is 2.15. The van der Waals surface area contributed by atoms with Crippen molar-refractivity contribution in [3.05, 3.63) is 35.9 Å². The van der Waals surface area contributed by atoms with Gasteiger partial charge < -0.3 is 15.1 Å². The van der Waals surface area contributed by atoms with Crippen LogP contribution in [-0.2, 0) is 16.0 Å². The lowest BCUT2D eigenvalue weighted by molar-refractivity contribution is -0.142. The van der Waals surface area contributed by atoms with Gasteiger partial charge in [0.25, 0.3) is 0 Å². The molecule has 2 N–H and O–H groups in total. The summed E-state index contributed by atoms with van der Waals surface area (Å²) < 4.78 is 0. The molecule has 116 valence electrons. The molecule has 0 radical (unpaired) electrons. The first-order valence-corrected chi connectivity index (χ1v) is 7.20. The topological polar surface area (TPSA) is 77.8 Å². The van der Waals surface area contributed by atoms with Crippen LogP contribution in [0.25, 0.3) is 0 Å². The summed E-state index contributed by atoms with van der Waals surface area (Å²) in [5.41, 5.74) is 1.20. The number of aliphatic carboxylic acids is 2. The number of nitrogens with zero attached hydrogens (tertiary/aromatic N) is 1. The van der Waals surface area contributed by atoms with Crippen LogP contribution in [0.15, 0.2) is 30.3 Å². The van der Waals surface area contributed by atoms with E-state index in [0.29, 0.717) is 19.5 Å². The van der Waals surface area contributed by atoms with E-state index >= 15 is 0 Å². The minimum absolute atomic E-state index is 0.114. The molecule has 0 aliphatic rings. The van der Waals surface area contributed by atoms with Gasteiger partial charge in [-0.05, 0) is 24.9 Å². The summed E-state index contributed by atoms with van der Waals surface area (Å²) in [5.74, 6) is -2.09. The number of rotatable bonds is 10. The van der Waals surface area contributed by atoms with Gasteiger partial charge in [-0.25, -0.2) is 0 Å². The van der Waals surface area contributed by atoms with Gasteiger partial charge in [-0.15, -0.1) is 0 Å². The zero-order valence-corrected chi connectivity index (χ0v) is 12.4. The predicted octanol–water partition coefficient (Wildman–Crippen LogP) is 2.12. The van der Waals surface area contributed by atoms with Gasteiger partial charge in [0.2, 0.25) is 0 Å². The SMILES string of the molecule is CC(CN(CCCC(=O)O)CCc1ccccc1)C(=O)O. The molecular weight excluding hydrogens is 270 g/mol. The molecule has 0 aliphatic heterocycles. The van der Waals surface area contributed by atoms with Crippen LogP contribution in [0.2, 0.25) is 0 Å². The zero-order valence-electron chi connectivity index (χ0n) is 12.4. The van der Waals surface area contributed by atoms with Gasteiger partial charge >= 0.3 is 11.9 Å². The second kappa shape index (κ2) is 9.13. The summed E-state index contributed by atoms with van der Waals surface area (Å²) in [6.07, 6.45) is 1.49. The first kappa shape index (κ1) is 17.2. The predicted molar refractivity (Wildman–Crippen MR) is 80.3 cm³/mol. The zero-order chi connectivity index (χ0) is 15.7. The number of hydrogen-bond donors (Lipinski definition) is 2. The van der Waals surface area contributed by atoms with Crippen molar-refractivity contribution in [1.29, 1.82) is 0 Å². The Labute approximate surface area is 125 Å². The van der Waals surface area contributed by atoms with E-state index in [0.717, 1.165) is 13.0 Å². The maximum Gasteiger partial charge on any atom is 0.307 e. The molecule has 1 aromatic carbocycles. The highest BCUT2D eigenvalue weighted by atomic mass is 16.4. The van der Waals surface area contributed by atoms with Crippen molar-refractivity contribution in [2.75, 3.05) is 19.6 Å². The normalized spacial score (nSPS) is 12.3. The number of carboxylic acid groups (broad SMARTS) is 2. The van der Waals surface area contributed by atoms with Gasteiger partial charge in [-0.3, -0.25) is 9.59 Å². The van der Waals surface area contributed by atoms with E-state index in [-0.39, 0.29) is 6.42 Å². The Bertz CT molecular complexity index is 447. The Kier molecular flexibility index (Phi) is 7.46. The van der Waals surface area contributed by atoms with Crippen LogP contribution in [0.1, 0.15) is 25.3 Å². The molecule has 1 unspecified atom stereocenters. The molecule has 0 saturated carbocycles. The van der Waals surface area contributed by atoms with Crippen LogP contribution in [0.5, 0.6) is 0 Å². The number of carboxylic acids is 2. The van der Waals surface area contributed by atoms with Gasteiger partial charge in [-0.2, -0.15) is 0 Å². The van der Waals surface area contributed by atoms with E-state index in [9.17, 15) is 9.59 Å². The van der Waals surface area contributed by atoms with Crippen molar-refractivity contribution in [2.45, 2.75) is 26.2 Å². The molecule has 21 heavy (non-hydrogen) atoms. The van der Waals surface area contributed by atoms with Crippen molar-refractivity contribution in [2.24, 2.45) is 5.92 Å². The summed E-state index contributed by atoms with van der Waals surface area (Å²) in [4.78, 5) is 23.6. The number of carbonyl (C=O) groups is 2. The second-order valence-electron chi connectivity index (χ2n) is 5.27. The Morgan fingerprint density at radius 2 is 1.81 bits per heavy atom. The van der Waals surface area contributed by atoms with Crippen LogP contribution in [-0.4, -0.2) is 46.7 Å². The van der Waals surface area contributed by atoms with Gasteiger partial charge in [0.05, 0.1) is 5.92 Å². The molecule has 0 saturated heterocycles. The maximum absolute atomic E-state index is 11.0. The lowest BCUT2D eigenvalue weighted by Crippen LogP contribution is -2.34. The molecular formula is C16H23NO4. The number of hydrogen-bond acceptors (Lipinski definition) is 3. The Hall–Kier alpha value is -1.88. The molecule has 0 heterocycles. The number of benzene rings is 1. The third-order valence-electron chi connectivity index (χ3n) is 3.38. The van der Waals surface area contributed by atoms with E-state index in [2.05, 4.69) is 0 Å². The molecule has 0 amide bonds. The monoisotopic (exact) mass is 293 g/mol. The van der Waals surface area contributed by atoms with Crippen LogP contribution < -0.4 is 0 Å². The molecule has 1 atom stereocenters. The van der Waals surface area contributed by atoms with Crippen molar-refractivity contribution < 1.29 is 19.8 Å².